The quantitative estimate of drug-likeness (QED) is 0.165. The molecule has 1 atom stereocenters. The van der Waals surface area contributed by atoms with Crippen molar-refractivity contribution >= 4 is 29.2 Å². The highest BCUT2D eigenvalue weighted by Crippen LogP contribution is 2.45. The van der Waals surface area contributed by atoms with Crippen LogP contribution in [0.25, 0.3) is 0 Å². The number of hydrogen-bond acceptors (Lipinski definition) is 7. The molecule has 0 aromatic carbocycles. The fraction of sp³-hybridized carbons (Fsp3) is 0.500. The summed E-state index contributed by atoms with van der Waals surface area (Å²) in [7, 11) is 0. The van der Waals surface area contributed by atoms with Gasteiger partial charge in [0.2, 0.25) is 0 Å². The van der Waals surface area contributed by atoms with Crippen molar-refractivity contribution in [3.05, 3.63) is 44.2 Å². The third-order valence-electron chi connectivity index (χ3n) is 4.24. The lowest BCUT2D eigenvalue weighted by atomic mass is 9.93. The zero-order valence-corrected chi connectivity index (χ0v) is 16.1. The van der Waals surface area contributed by atoms with Crippen LogP contribution in [0.1, 0.15) is 43.9 Å². The smallest absolute Gasteiger partial charge is 0.345 e. The first kappa shape index (κ1) is 20.8. The number of pyridine rings is 1. The molecule has 0 amide bonds. The molecule has 1 fully saturated rings. The highest BCUT2D eigenvalue weighted by atomic mass is 35.5. The Labute approximate surface area is 161 Å². The Kier molecular flexibility index (Phi) is 6.90. The van der Waals surface area contributed by atoms with E-state index in [0.717, 1.165) is 19.0 Å². The van der Waals surface area contributed by atoms with E-state index in [0.29, 0.717) is 11.3 Å². The van der Waals surface area contributed by atoms with Crippen LogP contribution in [0.3, 0.4) is 0 Å². The van der Waals surface area contributed by atoms with Crippen LogP contribution in [-0.4, -0.2) is 35.1 Å². The number of halogens is 1. The fourth-order valence-electron chi connectivity index (χ4n) is 2.76. The molecule has 9 heteroatoms. The van der Waals surface area contributed by atoms with Gasteiger partial charge in [0.1, 0.15) is 16.8 Å². The number of nitro groups is 1. The van der Waals surface area contributed by atoms with E-state index >= 15 is 0 Å². The molecule has 0 N–H and O–H groups in total. The first-order chi connectivity index (χ1) is 12.8. The standard InChI is InChI=1S/C18H21ClN2O6/c1-4-26-17(22)13(18(23)27-5-2)8-12(11-6-7-11)16-10(3)15(19)14(9-20-16)21(24)25/h8-9,11-12H,4-7H2,1-3H3. The summed E-state index contributed by atoms with van der Waals surface area (Å²) in [6, 6.07) is 0. The second kappa shape index (κ2) is 8.94. The second-order valence-electron chi connectivity index (χ2n) is 6.11. The molecule has 1 aromatic rings. The van der Waals surface area contributed by atoms with Crippen molar-refractivity contribution in [2.45, 2.75) is 39.5 Å². The van der Waals surface area contributed by atoms with Crippen molar-refractivity contribution in [1.82, 2.24) is 4.98 Å². The van der Waals surface area contributed by atoms with Crippen molar-refractivity contribution in [2.75, 3.05) is 13.2 Å². The Morgan fingerprint density at radius 1 is 1.33 bits per heavy atom. The molecule has 0 bridgehead atoms. The molecule has 0 spiro atoms. The van der Waals surface area contributed by atoms with Crippen LogP contribution in [-0.2, 0) is 19.1 Å². The minimum atomic E-state index is -0.771. The molecular formula is C18H21ClN2O6. The molecule has 1 heterocycles. The molecule has 1 aromatic heterocycles. The van der Waals surface area contributed by atoms with Crippen LogP contribution in [0.5, 0.6) is 0 Å². The minimum absolute atomic E-state index is 0.00197. The number of allylic oxidation sites excluding steroid dienone is 1. The van der Waals surface area contributed by atoms with Gasteiger partial charge in [-0.1, -0.05) is 17.7 Å². The van der Waals surface area contributed by atoms with Crippen molar-refractivity contribution in [3.8, 4) is 0 Å². The minimum Gasteiger partial charge on any atom is -0.462 e. The Bertz CT molecular complexity index is 768. The molecule has 8 nitrogen and oxygen atoms in total. The normalized spacial score (nSPS) is 14.2. The van der Waals surface area contributed by atoms with Crippen LogP contribution >= 0.6 is 11.6 Å². The summed E-state index contributed by atoms with van der Waals surface area (Å²) in [5.74, 6) is -1.78. The van der Waals surface area contributed by atoms with E-state index < -0.39 is 22.8 Å². The lowest BCUT2D eigenvalue weighted by Crippen LogP contribution is -2.20. The summed E-state index contributed by atoms with van der Waals surface area (Å²) < 4.78 is 9.94. The summed E-state index contributed by atoms with van der Waals surface area (Å²) in [5.41, 5.74) is 0.462. The number of aromatic nitrogens is 1. The zero-order valence-electron chi connectivity index (χ0n) is 15.4. The average Bonchev–Trinajstić information content (AvgIpc) is 3.43. The molecule has 0 saturated heterocycles. The summed E-state index contributed by atoms with van der Waals surface area (Å²) in [5, 5.41) is 11.0. The maximum absolute atomic E-state index is 12.2. The van der Waals surface area contributed by atoms with Gasteiger partial charge in [0.05, 0.1) is 23.8 Å². The van der Waals surface area contributed by atoms with E-state index in [1.54, 1.807) is 20.8 Å². The Morgan fingerprint density at radius 3 is 2.33 bits per heavy atom. The maximum atomic E-state index is 12.2. The van der Waals surface area contributed by atoms with Gasteiger partial charge in [-0.15, -0.1) is 0 Å². The molecule has 2 rings (SSSR count). The lowest BCUT2D eigenvalue weighted by Gasteiger charge is -2.16. The number of ether oxygens (including phenoxy) is 2. The SMILES string of the molecule is CCOC(=O)C(=CC(c1ncc([N+](=O)[O-])c(Cl)c1C)C1CC1)C(=O)OCC. The topological polar surface area (TPSA) is 109 Å². The van der Waals surface area contributed by atoms with Gasteiger partial charge in [-0.2, -0.15) is 0 Å². The Morgan fingerprint density at radius 2 is 1.89 bits per heavy atom. The van der Waals surface area contributed by atoms with Crippen LogP contribution in [0, 0.1) is 23.0 Å². The molecule has 1 aliphatic carbocycles. The van der Waals surface area contributed by atoms with Crippen LogP contribution in [0.4, 0.5) is 5.69 Å². The Balaban J connectivity index is 2.51. The zero-order chi connectivity index (χ0) is 20.1. The van der Waals surface area contributed by atoms with Gasteiger partial charge in [-0.25, -0.2) is 9.59 Å². The van der Waals surface area contributed by atoms with Crippen molar-refractivity contribution < 1.29 is 24.0 Å². The van der Waals surface area contributed by atoms with Gasteiger partial charge in [0.15, 0.2) is 0 Å². The van der Waals surface area contributed by atoms with E-state index in [-0.39, 0.29) is 35.4 Å². The highest BCUT2D eigenvalue weighted by molar-refractivity contribution is 6.33. The molecule has 0 aliphatic heterocycles. The van der Waals surface area contributed by atoms with E-state index in [4.69, 9.17) is 21.1 Å². The largest absolute Gasteiger partial charge is 0.462 e. The number of carbonyl (C=O) groups excluding carboxylic acids is 2. The first-order valence-corrected chi connectivity index (χ1v) is 9.04. The maximum Gasteiger partial charge on any atom is 0.345 e. The number of rotatable bonds is 8. The summed E-state index contributed by atoms with van der Waals surface area (Å²) in [6.07, 6.45) is 4.36. The molecule has 0 radical (unpaired) electrons. The Hall–Kier alpha value is -2.48. The molecule has 27 heavy (non-hydrogen) atoms. The predicted molar refractivity (Wildman–Crippen MR) is 97.5 cm³/mol. The number of hydrogen-bond donors (Lipinski definition) is 0. The van der Waals surface area contributed by atoms with Crippen molar-refractivity contribution in [1.29, 1.82) is 0 Å². The van der Waals surface area contributed by atoms with E-state index in [1.165, 1.54) is 6.08 Å². The van der Waals surface area contributed by atoms with Crippen LogP contribution < -0.4 is 0 Å². The van der Waals surface area contributed by atoms with Gasteiger partial charge in [0.25, 0.3) is 0 Å². The van der Waals surface area contributed by atoms with Gasteiger partial charge < -0.3 is 9.47 Å². The predicted octanol–water partition coefficient (Wildman–Crippen LogP) is 3.50. The van der Waals surface area contributed by atoms with Gasteiger partial charge in [-0.3, -0.25) is 15.1 Å². The molecular weight excluding hydrogens is 376 g/mol. The van der Waals surface area contributed by atoms with Gasteiger partial charge in [0, 0.05) is 5.92 Å². The van der Waals surface area contributed by atoms with Gasteiger partial charge >= 0.3 is 17.6 Å². The molecule has 1 unspecified atom stereocenters. The monoisotopic (exact) mass is 396 g/mol. The molecule has 146 valence electrons. The molecule has 1 aliphatic rings. The van der Waals surface area contributed by atoms with E-state index in [2.05, 4.69) is 4.98 Å². The first-order valence-electron chi connectivity index (χ1n) is 8.67. The van der Waals surface area contributed by atoms with Crippen LogP contribution in [0.15, 0.2) is 17.8 Å². The second-order valence-corrected chi connectivity index (χ2v) is 6.49. The average molecular weight is 397 g/mol. The lowest BCUT2D eigenvalue weighted by molar-refractivity contribution is -0.385. The number of nitrogens with zero attached hydrogens (tertiary/aromatic N) is 2. The van der Waals surface area contributed by atoms with Crippen LogP contribution in [0.2, 0.25) is 5.02 Å². The number of carbonyl (C=O) groups is 2. The summed E-state index contributed by atoms with van der Waals surface area (Å²) >= 11 is 6.14. The van der Waals surface area contributed by atoms with E-state index in [9.17, 15) is 19.7 Å². The molecule has 1 saturated carbocycles. The third kappa shape index (κ3) is 4.82. The van der Waals surface area contributed by atoms with E-state index in [1.807, 2.05) is 0 Å². The summed E-state index contributed by atoms with van der Waals surface area (Å²) in [4.78, 5) is 39.1. The third-order valence-corrected chi connectivity index (χ3v) is 4.72. The fourth-order valence-corrected chi connectivity index (χ4v) is 2.98. The van der Waals surface area contributed by atoms with Gasteiger partial charge in [-0.05, 0) is 45.1 Å². The highest BCUT2D eigenvalue weighted by Gasteiger charge is 2.36. The number of esters is 2. The summed E-state index contributed by atoms with van der Waals surface area (Å²) in [6.45, 7) is 5.14. The van der Waals surface area contributed by atoms with Crippen molar-refractivity contribution in [3.63, 3.8) is 0 Å². The van der Waals surface area contributed by atoms with Crippen molar-refractivity contribution in [2.24, 2.45) is 5.92 Å².